The fourth-order valence-corrected chi connectivity index (χ4v) is 1.46. The zero-order valence-electron chi connectivity index (χ0n) is 13.2. The molecule has 0 aromatic carbocycles. The summed E-state index contributed by atoms with van der Waals surface area (Å²) in [6, 6.07) is 0. The molecule has 118 valence electrons. The Balaban J connectivity index is 3.35. The fraction of sp³-hybridized carbons (Fsp3) is 0.529. The van der Waals surface area contributed by atoms with Gasteiger partial charge in [-0.25, -0.2) is 9.59 Å². The molecule has 0 rings (SSSR count). The van der Waals surface area contributed by atoms with Crippen LogP contribution in [0.15, 0.2) is 36.6 Å². The SMILES string of the molecule is C=C(C)C(=O)OC=CCCCCCCCOC(=O)C(=C)C. The van der Waals surface area contributed by atoms with Crippen molar-refractivity contribution in [1.29, 1.82) is 0 Å². The molecule has 0 saturated heterocycles. The molecular weight excluding hydrogens is 268 g/mol. The minimum Gasteiger partial charge on any atom is -0.462 e. The van der Waals surface area contributed by atoms with Gasteiger partial charge in [-0.15, -0.1) is 0 Å². The van der Waals surface area contributed by atoms with Crippen molar-refractivity contribution in [2.45, 2.75) is 52.4 Å². The molecule has 0 saturated carbocycles. The van der Waals surface area contributed by atoms with Gasteiger partial charge in [0.2, 0.25) is 0 Å². The molecule has 4 nitrogen and oxygen atoms in total. The lowest BCUT2D eigenvalue weighted by molar-refractivity contribution is -0.139. The standard InChI is InChI=1S/C17H26O4/c1-14(2)16(18)20-12-10-8-6-5-7-9-11-13-21-17(19)15(3)4/h10,12H,1,3,5-9,11,13H2,2,4H3. The van der Waals surface area contributed by atoms with Crippen molar-refractivity contribution < 1.29 is 19.1 Å². The van der Waals surface area contributed by atoms with Crippen LogP contribution in [0.25, 0.3) is 0 Å². The lowest BCUT2D eigenvalue weighted by Gasteiger charge is -2.03. The first kappa shape index (κ1) is 19.2. The van der Waals surface area contributed by atoms with Crippen LogP contribution in [0.5, 0.6) is 0 Å². The number of allylic oxidation sites excluding steroid dienone is 1. The van der Waals surface area contributed by atoms with E-state index >= 15 is 0 Å². The van der Waals surface area contributed by atoms with Crippen LogP contribution in [0.1, 0.15) is 52.4 Å². The number of ether oxygens (including phenoxy) is 2. The average molecular weight is 294 g/mol. The van der Waals surface area contributed by atoms with Gasteiger partial charge in [0.15, 0.2) is 0 Å². The summed E-state index contributed by atoms with van der Waals surface area (Å²) in [6.45, 7) is 10.7. The van der Waals surface area contributed by atoms with E-state index in [0.717, 1.165) is 38.5 Å². The maximum Gasteiger partial charge on any atom is 0.337 e. The molecule has 0 radical (unpaired) electrons. The van der Waals surface area contributed by atoms with Gasteiger partial charge in [-0.05, 0) is 39.2 Å². The minimum atomic E-state index is -0.393. The Morgan fingerprint density at radius 2 is 1.48 bits per heavy atom. The Morgan fingerprint density at radius 3 is 2.10 bits per heavy atom. The van der Waals surface area contributed by atoms with Gasteiger partial charge in [-0.2, -0.15) is 0 Å². The lowest BCUT2D eigenvalue weighted by atomic mass is 10.1. The van der Waals surface area contributed by atoms with Gasteiger partial charge in [0.05, 0.1) is 12.9 Å². The summed E-state index contributed by atoms with van der Waals surface area (Å²) in [5.74, 6) is -0.708. The summed E-state index contributed by atoms with van der Waals surface area (Å²) < 4.78 is 9.83. The topological polar surface area (TPSA) is 52.6 Å². The first-order chi connectivity index (χ1) is 9.95. The summed E-state index contributed by atoms with van der Waals surface area (Å²) in [6.07, 6.45) is 9.32. The van der Waals surface area contributed by atoms with Gasteiger partial charge in [0, 0.05) is 11.1 Å². The smallest absolute Gasteiger partial charge is 0.337 e. The molecule has 0 heterocycles. The van der Waals surface area contributed by atoms with Crippen LogP contribution in [0.2, 0.25) is 0 Å². The molecular formula is C17H26O4. The largest absolute Gasteiger partial charge is 0.462 e. The summed E-state index contributed by atoms with van der Waals surface area (Å²) in [5, 5.41) is 0. The maximum atomic E-state index is 11.1. The number of carbonyl (C=O) groups is 2. The molecule has 21 heavy (non-hydrogen) atoms. The molecule has 0 bridgehead atoms. The first-order valence-electron chi connectivity index (χ1n) is 7.29. The molecule has 0 aliphatic heterocycles. The number of rotatable bonds is 11. The van der Waals surface area contributed by atoms with E-state index in [4.69, 9.17) is 9.47 Å². The van der Waals surface area contributed by atoms with E-state index in [1.54, 1.807) is 13.8 Å². The molecule has 0 atom stereocenters. The van der Waals surface area contributed by atoms with Crippen molar-refractivity contribution in [3.63, 3.8) is 0 Å². The fourth-order valence-electron chi connectivity index (χ4n) is 1.46. The lowest BCUT2D eigenvalue weighted by Crippen LogP contribution is -2.05. The van der Waals surface area contributed by atoms with Crippen molar-refractivity contribution in [3.05, 3.63) is 36.6 Å². The normalized spacial score (nSPS) is 10.4. The van der Waals surface area contributed by atoms with Crippen LogP contribution < -0.4 is 0 Å². The number of esters is 2. The number of carbonyl (C=O) groups excluding carboxylic acids is 2. The van der Waals surface area contributed by atoms with Crippen molar-refractivity contribution in [2.24, 2.45) is 0 Å². The molecule has 0 N–H and O–H groups in total. The highest BCUT2D eigenvalue weighted by atomic mass is 16.5. The van der Waals surface area contributed by atoms with Gasteiger partial charge >= 0.3 is 11.9 Å². The predicted molar refractivity (Wildman–Crippen MR) is 83.5 cm³/mol. The molecule has 0 aromatic heterocycles. The minimum absolute atomic E-state index is 0.315. The van der Waals surface area contributed by atoms with Crippen LogP contribution in [0.4, 0.5) is 0 Å². The van der Waals surface area contributed by atoms with Gasteiger partial charge in [-0.3, -0.25) is 0 Å². The number of unbranched alkanes of at least 4 members (excludes halogenated alkanes) is 5. The van der Waals surface area contributed by atoms with Crippen molar-refractivity contribution >= 4 is 11.9 Å². The molecule has 0 amide bonds. The molecule has 0 spiro atoms. The Labute approximate surface area is 127 Å². The van der Waals surface area contributed by atoms with Crippen molar-refractivity contribution in [3.8, 4) is 0 Å². The van der Waals surface area contributed by atoms with E-state index in [2.05, 4.69) is 13.2 Å². The number of hydrogen-bond donors (Lipinski definition) is 0. The van der Waals surface area contributed by atoms with Gasteiger partial charge in [0.1, 0.15) is 0 Å². The van der Waals surface area contributed by atoms with Crippen LogP contribution in [0.3, 0.4) is 0 Å². The van der Waals surface area contributed by atoms with Gasteiger partial charge < -0.3 is 9.47 Å². The van der Waals surface area contributed by atoms with E-state index < -0.39 is 5.97 Å². The summed E-state index contributed by atoms with van der Waals surface area (Å²) in [7, 11) is 0. The van der Waals surface area contributed by atoms with Crippen LogP contribution in [-0.4, -0.2) is 18.5 Å². The van der Waals surface area contributed by atoms with E-state index in [1.807, 2.05) is 6.08 Å². The second-order valence-electron chi connectivity index (χ2n) is 5.03. The number of hydrogen-bond acceptors (Lipinski definition) is 4. The van der Waals surface area contributed by atoms with E-state index in [-0.39, 0.29) is 5.97 Å². The Kier molecular flexibility index (Phi) is 10.9. The highest BCUT2D eigenvalue weighted by molar-refractivity contribution is 5.87. The Morgan fingerprint density at radius 1 is 0.905 bits per heavy atom. The van der Waals surface area contributed by atoms with E-state index in [9.17, 15) is 9.59 Å². The van der Waals surface area contributed by atoms with Gasteiger partial charge in [0.25, 0.3) is 0 Å². The summed E-state index contributed by atoms with van der Waals surface area (Å²) in [5.41, 5.74) is 0.834. The third-order valence-electron chi connectivity index (χ3n) is 2.72. The third kappa shape index (κ3) is 11.7. The Hall–Kier alpha value is -1.84. The second-order valence-corrected chi connectivity index (χ2v) is 5.03. The summed E-state index contributed by atoms with van der Waals surface area (Å²) >= 11 is 0. The van der Waals surface area contributed by atoms with Crippen molar-refractivity contribution in [2.75, 3.05) is 6.61 Å². The molecule has 0 unspecified atom stereocenters. The van der Waals surface area contributed by atoms with E-state index in [1.165, 1.54) is 6.26 Å². The quantitative estimate of drug-likeness (QED) is 0.249. The zero-order chi connectivity index (χ0) is 16.1. The molecule has 0 aliphatic carbocycles. The molecule has 0 aromatic rings. The zero-order valence-corrected chi connectivity index (χ0v) is 13.2. The third-order valence-corrected chi connectivity index (χ3v) is 2.72. The van der Waals surface area contributed by atoms with Crippen LogP contribution >= 0.6 is 0 Å². The summed E-state index contributed by atoms with van der Waals surface area (Å²) in [4.78, 5) is 22.2. The van der Waals surface area contributed by atoms with Crippen molar-refractivity contribution in [1.82, 2.24) is 0 Å². The van der Waals surface area contributed by atoms with Crippen LogP contribution in [0, 0.1) is 0 Å². The molecule has 0 aliphatic rings. The predicted octanol–water partition coefficient (Wildman–Crippen LogP) is 4.08. The average Bonchev–Trinajstić information content (AvgIpc) is 2.43. The highest BCUT2D eigenvalue weighted by Crippen LogP contribution is 2.07. The Bertz CT molecular complexity index is 394. The molecule has 0 fully saturated rings. The van der Waals surface area contributed by atoms with E-state index in [0.29, 0.717) is 17.8 Å². The monoisotopic (exact) mass is 294 g/mol. The van der Waals surface area contributed by atoms with Crippen LogP contribution in [-0.2, 0) is 19.1 Å². The maximum absolute atomic E-state index is 11.1. The van der Waals surface area contributed by atoms with Gasteiger partial charge in [-0.1, -0.05) is 32.4 Å². The molecule has 4 heteroatoms. The highest BCUT2D eigenvalue weighted by Gasteiger charge is 2.01. The first-order valence-corrected chi connectivity index (χ1v) is 7.29. The second kappa shape index (κ2) is 11.9.